The Morgan fingerprint density at radius 3 is 2.70 bits per heavy atom. The van der Waals surface area contributed by atoms with Gasteiger partial charge in [0, 0.05) is 25.0 Å². The molecular formula is C18H20N2O5S2. The van der Waals surface area contributed by atoms with Crippen LogP contribution in [-0.2, 0) is 16.6 Å². The third-order valence-electron chi connectivity index (χ3n) is 4.63. The Morgan fingerprint density at radius 2 is 1.89 bits per heavy atom. The van der Waals surface area contributed by atoms with Crippen LogP contribution in [0.4, 0.5) is 0 Å². The highest BCUT2D eigenvalue weighted by Gasteiger charge is 2.23. The molecule has 3 heterocycles. The van der Waals surface area contributed by atoms with Crippen molar-refractivity contribution in [3.63, 3.8) is 0 Å². The van der Waals surface area contributed by atoms with E-state index in [1.165, 1.54) is 6.07 Å². The number of hydrogen-bond donors (Lipinski definition) is 1. The summed E-state index contributed by atoms with van der Waals surface area (Å²) < 4.78 is 38.4. The number of sulfonamides is 1. The minimum atomic E-state index is -3.69. The van der Waals surface area contributed by atoms with E-state index in [4.69, 9.17) is 9.47 Å². The zero-order valence-corrected chi connectivity index (χ0v) is 16.3. The maximum absolute atomic E-state index is 12.6. The molecule has 0 atom stereocenters. The topological polar surface area (TPSA) is 84.9 Å². The highest BCUT2D eigenvalue weighted by Crippen LogP contribution is 2.32. The van der Waals surface area contributed by atoms with E-state index in [9.17, 15) is 13.2 Å². The third-order valence-corrected chi connectivity index (χ3v) is 7.47. The summed E-state index contributed by atoms with van der Waals surface area (Å²) in [6, 6.07) is 6.76. The van der Waals surface area contributed by atoms with Crippen LogP contribution in [0.1, 0.15) is 35.2 Å². The molecule has 27 heavy (non-hydrogen) atoms. The lowest BCUT2D eigenvalue weighted by atomic mass is 10.1. The molecule has 0 aliphatic carbocycles. The van der Waals surface area contributed by atoms with Crippen LogP contribution in [0.2, 0.25) is 0 Å². The van der Waals surface area contributed by atoms with E-state index >= 15 is 0 Å². The molecule has 2 aliphatic heterocycles. The average molecular weight is 409 g/mol. The molecule has 1 aromatic heterocycles. The van der Waals surface area contributed by atoms with Gasteiger partial charge in [-0.15, -0.1) is 11.3 Å². The third kappa shape index (κ3) is 3.95. The van der Waals surface area contributed by atoms with Gasteiger partial charge in [0.15, 0.2) is 11.5 Å². The van der Waals surface area contributed by atoms with Crippen molar-refractivity contribution in [1.29, 1.82) is 0 Å². The predicted octanol–water partition coefficient (Wildman–Crippen LogP) is 2.58. The minimum absolute atomic E-state index is 0.0943. The molecule has 0 spiro atoms. The minimum Gasteiger partial charge on any atom is -0.454 e. The fraction of sp³-hybridized carbons (Fsp3) is 0.389. The molecule has 144 valence electrons. The SMILES string of the molecule is O=C(c1csc(S(=O)(=O)NCc2ccc3c(c2)OCO3)c1)N1CCCCC1. The summed E-state index contributed by atoms with van der Waals surface area (Å²) >= 11 is 1.06. The second kappa shape index (κ2) is 7.49. The van der Waals surface area contributed by atoms with Crippen LogP contribution in [0.15, 0.2) is 33.9 Å². The molecule has 9 heteroatoms. The fourth-order valence-electron chi connectivity index (χ4n) is 3.15. The van der Waals surface area contributed by atoms with Crippen molar-refractivity contribution in [3.05, 3.63) is 40.8 Å². The molecule has 0 unspecified atom stereocenters. The molecule has 7 nitrogen and oxygen atoms in total. The first-order valence-electron chi connectivity index (χ1n) is 8.79. The van der Waals surface area contributed by atoms with Gasteiger partial charge in [0.25, 0.3) is 5.91 Å². The first-order chi connectivity index (χ1) is 13.0. The van der Waals surface area contributed by atoms with Crippen molar-refractivity contribution in [2.45, 2.75) is 30.0 Å². The number of likely N-dealkylation sites (tertiary alicyclic amines) is 1. The van der Waals surface area contributed by atoms with E-state index in [-0.39, 0.29) is 23.5 Å². The molecule has 0 radical (unpaired) electrons. The van der Waals surface area contributed by atoms with Crippen LogP contribution in [0.3, 0.4) is 0 Å². The molecule has 2 aliphatic rings. The Balaban J connectivity index is 1.43. The number of nitrogens with zero attached hydrogens (tertiary/aromatic N) is 1. The van der Waals surface area contributed by atoms with Crippen LogP contribution in [0, 0.1) is 0 Å². The van der Waals surface area contributed by atoms with E-state index in [1.807, 2.05) is 0 Å². The summed E-state index contributed by atoms with van der Waals surface area (Å²) in [5.41, 5.74) is 1.20. The summed E-state index contributed by atoms with van der Waals surface area (Å²) in [7, 11) is -3.69. The molecule has 0 saturated carbocycles. The maximum Gasteiger partial charge on any atom is 0.254 e. The highest BCUT2D eigenvalue weighted by atomic mass is 32.2. The molecule has 2 aromatic rings. The van der Waals surface area contributed by atoms with Gasteiger partial charge in [0.1, 0.15) is 4.21 Å². The van der Waals surface area contributed by atoms with Crippen LogP contribution in [0.25, 0.3) is 0 Å². The average Bonchev–Trinajstić information content (AvgIpc) is 3.36. The van der Waals surface area contributed by atoms with Gasteiger partial charge in [-0.3, -0.25) is 4.79 Å². The Morgan fingerprint density at radius 1 is 1.11 bits per heavy atom. The number of thiophene rings is 1. The number of ether oxygens (including phenoxy) is 2. The number of rotatable bonds is 5. The van der Waals surface area contributed by atoms with Gasteiger partial charge in [0.05, 0.1) is 5.56 Å². The first kappa shape index (κ1) is 18.3. The quantitative estimate of drug-likeness (QED) is 0.822. The summed E-state index contributed by atoms with van der Waals surface area (Å²) in [5.74, 6) is 1.17. The Hall–Kier alpha value is -2.10. The lowest BCUT2D eigenvalue weighted by Gasteiger charge is -2.26. The van der Waals surface area contributed by atoms with Crippen molar-refractivity contribution in [3.8, 4) is 11.5 Å². The first-order valence-corrected chi connectivity index (χ1v) is 11.2. The maximum atomic E-state index is 12.6. The van der Waals surface area contributed by atoms with Crippen molar-refractivity contribution in [2.75, 3.05) is 19.9 Å². The Bertz CT molecular complexity index is 948. The van der Waals surface area contributed by atoms with Crippen molar-refractivity contribution >= 4 is 27.3 Å². The monoisotopic (exact) mass is 408 g/mol. The molecule has 1 N–H and O–H groups in total. The van der Waals surface area contributed by atoms with Crippen LogP contribution in [0.5, 0.6) is 11.5 Å². The molecule has 4 rings (SSSR count). The molecule has 1 saturated heterocycles. The van der Waals surface area contributed by atoms with Crippen LogP contribution < -0.4 is 14.2 Å². The number of fused-ring (bicyclic) bond motifs is 1. The van der Waals surface area contributed by atoms with E-state index in [2.05, 4.69) is 4.72 Å². The lowest BCUT2D eigenvalue weighted by Crippen LogP contribution is -2.35. The largest absolute Gasteiger partial charge is 0.454 e. The number of carbonyl (C=O) groups is 1. The van der Waals surface area contributed by atoms with E-state index in [0.717, 1.165) is 49.3 Å². The van der Waals surface area contributed by atoms with Gasteiger partial charge in [-0.05, 0) is 43.0 Å². The normalized spacial score (nSPS) is 16.5. The van der Waals surface area contributed by atoms with E-state index in [0.29, 0.717) is 17.1 Å². The van der Waals surface area contributed by atoms with Crippen molar-refractivity contribution < 1.29 is 22.7 Å². The summed E-state index contributed by atoms with van der Waals surface area (Å²) in [6.45, 7) is 1.78. The second-order valence-corrected chi connectivity index (χ2v) is 9.42. The van der Waals surface area contributed by atoms with Crippen LogP contribution in [-0.4, -0.2) is 39.1 Å². The number of hydrogen-bond acceptors (Lipinski definition) is 6. The second-order valence-electron chi connectivity index (χ2n) is 6.52. The number of nitrogens with one attached hydrogen (secondary N) is 1. The van der Waals surface area contributed by atoms with Crippen LogP contribution >= 0.6 is 11.3 Å². The van der Waals surface area contributed by atoms with Gasteiger partial charge < -0.3 is 14.4 Å². The Kier molecular flexibility index (Phi) is 5.07. The van der Waals surface area contributed by atoms with E-state index < -0.39 is 10.0 Å². The fourth-order valence-corrected chi connectivity index (χ4v) is 5.37. The zero-order valence-electron chi connectivity index (χ0n) is 14.6. The standard InChI is InChI=1S/C18H20N2O5S2/c21-18(20-6-2-1-3-7-20)14-9-17(26-11-14)27(22,23)19-10-13-4-5-15-16(8-13)25-12-24-15/h4-5,8-9,11,19H,1-3,6-7,10,12H2. The molecule has 1 aromatic carbocycles. The predicted molar refractivity (Wildman–Crippen MR) is 101 cm³/mol. The van der Waals surface area contributed by atoms with Crippen molar-refractivity contribution in [2.24, 2.45) is 0 Å². The van der Waals surface area contributed by atoms with Gasteiger partial charge in [-0.25, -0.2) is 13.1 Å². The summed E-state index contributed by atoms with van der Waals surface area (Å²) in [5, 5.41) is 1.62. The molecule has 1 amide bonds. The van der Waals surface area contributed by atoms with Gasteiger partial charge in [-0.2, -0.15) is 0 Å². The number of amides is 1. The Labute approximate surface area is 161 Å². The van der Waals surface area contributed by atoms with Crippen molar-refractivity contribution in [1.82, 2.24) is 9.62 Å². The van der Waals surface area contributed by atoms with Gasteiger partial charge in [0.2, 0.25) is 16.8 Å². The smallest absolute Gasteiger partial charge is 0.254 e. The highest BCUT2D eigenvalue weighted by molar-refractivity contribution is 7.91. The summed E-state index contributed by atoms with van der Waals surface area (Å²) in [4.78, 5) is 14.3. The van der Waals surface area contributed by atoms with E-state index in [1.54, 1.807) is 28.5 Å². The number of carbonyl (C=O) groups excluding carboxylic acids is 1. The molecular weight excluding hydrogens is 388 g/mol. The van der Waals surface area contributed by atoms with Gasteiger partial charge in [-0.1, -0.05) is 6.07 Å². The lowest BCUT2D eigenvalue weighted by molar-refractivity contribution is 0.0724. The molecule has 0 bridgehead atoms. The number of piperidine rings is 1. The zero-order chi connectivity index (χ0) is 18.9. The molecule has 1 fully saturated rings. The number of benzene rings is 1. The van der Waals surface area contributed by atoms with Gasteiger partial charge >= 0.3 is 0 Å². The summed E-state index contributed by atoms with van der Waals surface area (Å²) in [6.07, 6.45) is 3.13.